The maximum atomic E-state index is 13.7. The van der Waals surface area contributed by atoms with Crippen LogP contribution >= 0.6 is 0 Å². The van der Waals surface area contributed by atoms with Gasteiger partial charge in [0.2, 0.25) is 0 Å². The van der Waals surface area contributed by atoms with Crippen LogP contribution in [0.3, 0.4) is 0 Å². The van der Waals surface area contributed by atoms with Crippen molar-refractivity contribution in [2.75, 3.05) is 0 Å². The normalized spacial score (nSPS) is 12.2. The minimum Gasteiger partial charge on any atom is -0.233 e. The Hall–Kier alpha value is -4.15. The lowest BCUT2D eigenvalue weighted by atomic mass is 10.0. The lowest BCUT2D eigenvalue weighted by Crippen LogP contribution is -2.12. The van der Waals surface area contributed by atoms with Crippen molar-refractivity contribution in [2.24, 2.45) is 0 Å². The molecule has 0 aliphatic heterocycles. The van der Waals surface area contributed by atoms with Crippen molar-refractivity contribution in [3.63, 3.8) is 0 Å². The molecule has 0 spiro atoms. The van der Waals surface area contributed by atoms with Gasteiger partial charge in [-0.1, -0.05) is 103 Å². The molecule has 6 rings (SSSR count). The lowest BCUT2D eigenvalue weighted by molar-refractivity contribution is 0.590. The standard InChI is InChI=1S/C30H21NO2S/c32-34(33,25-14-2-1-3-15-25)31-28-18-7-6-17-27(28)30-24(13-9-19-29(30)31)21-20-23-12-8-11-22-10-4-5-16-26(22)23/h1-21H/b21-20+. The van der Waals surface area contributed by atoms with Crippen LogP contribution in [0.2, 0.25) is 0 Å². The highest BCUT2D eigenvalue weighted by atomic mass is 32.2. The third kappa shape index (κ3) is 3.23. The van der Waals surface area contributed by atoms with E-state index in [9.17, 15) is 8.42 Å². The molecule has 0 fully saturated rings. The van der Waals surface area contributed by atoms with E-state index in [0.717, 1.165) is 21.9 Å². The predicted molar refractivity (Wildman–Crippen MR) is 141 cm³/mol. The minimum atomic E-state index is -3.77. The second kappa shape index (κ2) is 8.01. The number of hydrogen-bond donors (Lipinski definition) is 0. The number of aromatic nitrogens is 1. The zero-order chi connectivity index (χ0) is 23.1. The first-order chi connectivity index (χ1) is 16.6. The van der Waals surface area contributed by atoms with Gasteiger partial charge >= 0.3 is 0 Å². The molecule has 0 atom stereocenters. The van der Waals surface area contributed by atoms with Crippen molar-refractivity contribution in [3.05, 3.63) is 126 Å². The van der Waals surface area contributed by atoms with Crippen LogP contribution in [0.25, 0.3) is 44.7 Å². The average molecular weight is 460 g/mol. The molecule has 164 valence electrons. The summed E-state index contributed by atoms with van der Waals surface area (Å²) in [6.45, 7) is 0. The maximum Gasteiger partial charge on any atom is 0.268 e. The first-order valence-electron chi connectivity index (χ1n) is 11.1. The third-order valence-corrected chi connectivity index (χ3v) is 7.97. The predicted octanol–water partition coefficient (Wildman–Crippen LogP) is 7.36. The molecule has 4 heteroatoms. The number of hydrogen-bond acceptors (Lipinski definition) is 2. The van der Waals surface area contributed by atoms with E-state index in [1.807, 2.05) is 60.7 Å². The molecule has 1 aromatic heterocycles. The first-order valence-corrected chi connectivity index (χ1v) is 12.6. The molecule has 3 nitrogen and oxygen atoms in total. The van der Waals surface area contributed by atoms with E-state index in [4.69, 9.17) is 0 Å². The highest BCUT2D eigenvalue weighted by Crippen LogP contribution is 2.35. The molecule has 0 N–H and O–H groups in total. The summed E-state index contributed by atoms with van der Waals surface area (Å²) < 4.78 is 28.9. The molecule has 0 saturated heterocycles. The fraction of sp³-hybridized carbons (Fsp3) is 0. The molecule has 0 aliphatic carbocycles. The van der Waals surface area contributed by atoms with Gasteiger partial charge in [0.05, 0.1) is 15.9 Å². The van der Waals surface area contributed by atoms with Crippen molar-refractivity contribution in [3.8, 4) is 0 Å². The molecule has 0 saturated carbocycles. The SMILES string of the molecule is O=S(=O)(c1ccccc1)n1c2ccccc2c2c(/C=C/c3cccc4ccccc34)cccc21. The van der Waals surface area contributed by atoms with Crippen molar-refractivity contribution in [2.45, 2.75) is 4.90 Å². The fourth-order valence-corrected chi connectivity index (χ4v) is 6.22. The largest absolute Gasteiger partial charge is 0.268 e. The van der Waals surface area contributed by atoms with Crippen molar-refractivity contribution >= 4 is 54.8 Å². The maximum absolute atomic E-state index is 13.7. The van der Waals surface area contributed by atoms with Gasteiger partial charge in [-0.2, -0.15) is 0 Å². The van der Waals surface area contributed by atoms with Gasteiger partial charge in [-0.05, 0) is 46.2 Å². The molecule has 0 bridgehead atoms. The van der Waals surface area contributed by atoms with Crippen LogP contribution in [-0.2, 0) is 10.0 Å². The van der Waals surface area contributed by atoms with Crippen LogP contribution in [0.4, 0.5) is 0 Å². The molecular weight excluding hydrogens is 438 g/mol. The number of rotatable bonds is 4. The molecule has 6 aromatic rings. The van der Waals surface area contributed by atoms with Gasteiger partial charge in [0.15, 0.2) is 0 Å². The van der Waals surface area contributed by atoms with E-state index < -0.39 is 10.0 Å². The van der Waals surface area contributed by atoms with Gasteiger partial charge in [0.25, 0.3) is 10.0 Å². The topological polar surface area (TPSA) is 39.1 Å². The quantitative estimate of drug-likeness (QED) is 0.258. The number of para-hydroxylation sites is 1. The highest BCUT2D eigenvalue weighted by Gasteiger charge is 2.23. The second-order valence-electron chi connectivity index (χ2n) is 8.24. The van der Waals surface area contributed by atoms with Crippen molar-refractivity contribution in [1.82, 2.24) is 3.97 Å². The van der Waals surface area contributed by atoms with Gasteiger partial charge in [-0.15, -0.1) is 0 Å². The lowest BCUT2D eigenvalue weighted by Gasteiger charge is -2.09. The summed E-state index contributed by atoms with van der Waals surface area (Å²) in [5.74, 6) is 0. The van der Waals surface area contributed by atoms with Gasteiger partial charge in [-0.25, -0.2) is 12.4 Å². The summed E-state index contributed by atoms with van der Waals surface area (Å²) in [4.78, 5) is 0.273. The molecule has 0 amide bonds. The summed E-state index contributed by atoms with van der Waals surface area (Å²) in [5.41, 5.74) is 3.44. The zero-order valence-corrected chi connectivity index (χ0v) is 19.1. The summed E-state index contributed by atoms with van der Waals surface area (Å²) >= 11 is 0. The Balaban J connectivity index is 1.60. The Kier molecular flexibility index (Phi) is 4.82. The fourth-order valence-electron chi connectivity index (χ4n) is 4.68. The summed E-state index contributed by atoms with van der Waals surface area (Å²) in [7, 11) is -3.77. The second-order valence-corrected chi connectivity index (χ2v) is 10.0. The minimum absolute atomic E-state index is 0.273. The van der Waals surface area contributed by atoms with E-state index in [2.05, 4.69) is 42.5 Å². The Bertz CT molecular complexity index is 1810. The number of nitrogens with zero attached hydrogens (tertiary/aromatic N) is 1. The summed E-state index contributed by atoms with van der Waals surface area (Å²) in [5, 5.41) is 4.21. The number of fused-ring (bicyclic) bond motifs is 4. The monoisotopic (exact) mass is 459 g/mol. The Morgan fingerprint density at radius 1 is 0.529 bits per heavy atom. The summed E-state index contributed by atoms with van der Waals surface area (Å²) in [6.07, 6.45) is 4.19. The van der Waals surface area contributed by atoms with Crippen molar-refractivity contribution < 1.29 is 8.42 Å². The highest BCUT2D eigenvalue weighted by molar-refractivity contribution is 7.90. The van der Waals surface area contributed by atoms with Crippen LogP contribution in [-0.4, -0.2) is 12.4 Å². The molecule has 34 heavy (non-hydrogen) atoms. The summed E-state index contributed by atoms with van der Waals surface area (Å²) in [6, 6.07) is 36.7. The van der Waals surface area contributed by atoms with Crippen LogP contribution in [0.15, 0.2) is 120 Å². The van der Waals surface area contributed by atoms with Gasteiger partial charge in [0.1, 0.15) is 0 Å². The molecule has 0 radical (unpaired) electrons. The molecule has 0 aliphatic rings. The third-order valence-electron chi connectivity index (χ3n) is 6.23. The van der Waals surface area contributed by atoms with Gasteiger partial charge in [0, 0.05) is 10.8 Å². The first kappa shape index (κ1) is 20.5. The molecule has 1 heterocycles. The molecular formula is C30H21NO2S. The van der Waals surface area contributed by atoms with Crippen LogP contribution in [0, 0.1) is 0 Å². The van der Waals surface area contributed by atoms with E-state index in [0.29, 0.717) is 11.0 Å². The van der Waals surface area contributed by atoms with Crippen molar-refractivity contribution in [1.29, 1.82) is 0 Å². The van der Waals surface area contributed by atoms with E-state index in [1.165, 1.54) is 14.7 Å². The zero-order valence-electron chi connectivity index (χ0n) is 18.3. The van der Waals surface area contributed by atoms with Gasteiger partial charge < -0.3 is 0 Å². The Morgan fingerprint density at radius 2 is 1.12 bits per heavy atom. The Morgan fingerprint density at radius 3 is 1.97 bits per heavy atom. The average Bonchev–Trinajstić information content (AvgIpc) is 3.24. The van der Waals surface area contributed by atoms with Crippen LogP contribution in [0.5, 0.6) is 0 Å². The van der Waals surface area contributed by atoms with E-state index >= 15 is 0 Å². The van der Waals surface area contributed by atoms with Crippen LogP contribution < -0.4 is 0 Å². The van der Waals surface area contributed by atoms with E-state index in [-0.39, 0.29) is 4.90 Å². The number of benzene rings is 5. The van der Waals surface area contributed by atoms with E-state index in [1.54, 1.807) is 24.3 Å². The van der Waals surface area contributed by atoms with Gasteiger partial charge in [-0.3, -0.25) is 0 Å². The molecule has 5 aromatic carbocycles. The Labute approximate surface area is 198 Å². The molecule has 0 unspecified atom stereocenters. The van der Waals surface area contributed by atoms with Crippen LogP contribution in [0.1, 0.15) is 11.1 Å². The smallest absolute Gasteiger partial charge is 0.233 e.